The van der Waals surface area contributed by atoms with Crippen LogP contribution in [0.1, 0.15) is 23.3 Å². The van der Waals surface area contributed by atoms with Gasteiger partial charge in [0.05, 0.1) is 16.8 Å². The third kappa shape index (κ3) is 5.49. The molecule has 0 saturated heterocycles. The van der Waals surface area contributed by atoms with Gasteiger partial charge in [-0.25, -0.2) is 9.37 Å². The van der Waals surface area contributed by atoms with Crippen LogP contribution in [0, 0.1) is 5.82 Å². The fourth-order valence-electron chi connectivity index (χ4n) is 4.20. The third-order valence-electron chi connectivity index (χ3n) is 5.76. The lowest BCUT2D eigenvalue weighted by Crippen LogP contribution is -2.24. The van der Waals surface area contributed by atoms with E-state index in [2.05, 4.69) is 15.0 Å². The van der Waals surface area contributed by atoms with E-state index in [9.17, 15) is 27.2 Å². The summed E-state index contributed by atoms with van der Waals surface area (Å²) in [5, 5.41) is 3.25. The molecule has 6 nitrogen and oxygen atoms in total. The van der Waals surface area contributed by atoms with Crippen LogP contribution in [-0.4, -0.2) is 27.6 Å². The van der Waals surface area contributed by atoms with E-state index in [-0.39, 0.29) is 27.8 Å². The van der Waals surface area contributed by atoms with Crippen molar-refractivity contribution in [3.8, 4) is 11.4 Å². The van der Waals surface area contributed by atoms with E-state index in [0.29, 0.717) is 10.2 Å². The highest BCUT2D eigenvalue weighted by atomic mass is 32.2. The number of hydrogen-bond acceptors (Lipinski definition) is 6. The molecule has 37 heavy (non-hydrogen) atoms. The van der Waals surface area contributed by atoms with Crippen molar-refractivity contribution in [1.29, 1.82) is 0 Å². The summed E-state index contributed by atoms with van der Waals surface area (Å²) in [7, 11) is 0. The molecule has 0 aliphatic heterocycles. The largest absolute Gasteiger partial charge is 0.573 e. The number of para-hydroxylation sites is 1. The summed E-state index contributed by atoms with van der Waals surface area (Å²) in [5.41, 5.74) is 0.903. The number of hydrogen-bond donors (Lipinski definition) is 1. The van der Waals surface area contributed by atoms with Gasteiger partial charge in [-0.3, -0.25) is 14.2 Å². The first-order chi connectivity index (χ1) is 17.7. The Morgan fingerprint density at radius 2 is 1.84 bits per heavy atom. The van der Waals surface area contributed by atoms with Crippen molar-refractivity contribution in [2.45, 2.75) is 37.2 Å². The number of alkyl halides is 3. The Morgan fingerprint density at radius 3 is 2.57 bits per heavy atom. The fraction of sp³-hybridized carbons (Fsp3) is 0.240. The number of fused-ring (bicyclic) bond motifs is 3. The van der Waals surface area contributed by atoms with Crippen molar-refractivity contribution < 1.29 is 27.1 Å². The monoisotopic (exact) mass is 549 g/mol. The molecular formula is C25H19F4N3O3S2. The minimum atomic E-state index is -4.81. The van der Waals surface area contributed by atoms with Crippen molar-refractivity contribution in [2.24, 2.45) is 0 Å². The van der Waals surface area contributed by atoms with Gasteiger partial charge < -0.3 is 10.1 Å². The molecule has 0 unspecified atom stereocenters. The molecule has 1 aliphatic rings. The van der Waals surface area contributed by atoms with Crippen LogP contribution >= 0.6 is 23.1 Å². The molecule has 4 aromatic rings. The first-order valence-corrected chi connectivity index (χ1v) is 13.1. The Labute approximate surface area is 216 Å². The number of carbonyl (C=O) groups excluding carboxylic acids is 1. The Bertz CT molecular complexity index is 1530. The number of thiophene rings is 1. The van der Waals surface area contributed by atoms with Crippen LogP contribution in [0.5, 0.6) is 5.75 Å². The minimum Gasteiger partial charge on any atom is -0.406 e. The molecule has 1 N–H and O–H groups in total. The van der Waals surface area contributed by atoms with Crippen LogP contribution in [0.3, 0.4) is 0 Å². The summed E-state index contributed by atoms with van der Waals surface area (Å²) in [6, 6.07) is 10.6. The number of aromatic nitrogens is 2. The molecule has 0 spiro atoms. The molecule has 0 radical (unpaired) electrons. The number of rotatable bonds is 6. The van der Waals surface area contributed by atoms with Gasteiger partial charge in [-0.1, -0.05) is 23.9 Å². The van der Waals surface area contributed by atoms with Crippen LogP contribution in [-0.2, 0) is 17.6 Å². The zero-order chi connectivity index (χ0) is 26.2. The molecule has 0 fully saturated rings. The molecule has 0 saturated carbocycles. The molecule has 5 rings (SSSR count). The second-order valence-electron chi connectivity index (χ2n) is 8.29. The van der Waals surface area contributed by atoms with Gasteiger partial charge in [0, 0.05) is 10.6 Å². The number of nitrogens with one attached hydrogen (secondary N) is 1. The molecular weight excluding hydrogens is 530 g/mol. The van der Waals surface area contributed by atoms with Gasteiger partial charge in [0.15, 0.2) is 5.16 Å². The van der Waals surface area contributed by atoms with E-state index in [0.717, 1.165) is 60.0 Å². The fourth-order valence-corrected chi connectivity index (χ4v) is 6.30. The normalized spacial score (nSPS) is 13.4. The van der Waals surface area contributed by atoms with Gasteiger partial charge in [-0.2, -0.15) is 0 Å². The maximum atomic E-state index is 14.8. The Morgan fingerprint density at radius 1 is 1.11 bits per heavy atom. The summed E-state index contributed by atoms with van der Waals surface area (Å²) in [5.74, 6) is -1.65. The molecule has 1 amide bonds. The summed E-state index contributed by atoms with van der Waals surface area (Å²) >= 11 is 2.42. The van der Waals surface area contributed by atoms with Crippen molar-refractivity contribution in [3.05, 3.63) is 75.1 Å². The first-order valence-electron chi connectivity index (χ1n) is 11.3. The number of amides is 1. The molecule has 2 heterocycles. The Kier molecular flexibility index (Phi) is 6.95. The van der Waals surface area contributed by atoms with Crippen molar-refractivity contribution >= 4 is 44.9 Å². The molecule has 2 aromatic heterocycles. The molecule has 192 valence electrons. The third-order valence-corrected chi connectivity index (χ3v) is 7.88. The lowest BCUT2D eigenvalue weighted by Gasteiger charge is -2.14. The predicted octanol–water partition coefficient (Wildman–Crippen LogP) is 6.09. The molecule has 12 heteroatoms. The number of anilines is 1. The smallest absolute Gasteiger partial charge is 0.406 e. The van der Waals surface area contributed by atoms with Crippen LogP contribution < -0.4 is 15.6 Å². The van der Waals surface area contributed by atoms with Gasteiger partial charge in [0.1, 0.15) is 16.4 Å². The van der Waals surface area contributed by atoms with Gasteiger partial charge in [-0.15, -0.1) is 24.5 Å². The van der Waals surface area contributed by atoms with Crippen molar-refractivity contribution in [2.75, 3.05) is 11.1 Å². The highest BCUT2D eigenvalue weighted by Crippen LogP contribution is 2.35. The van der Waals surface area contributed by atoms with E-state index in [1.165, 1.54) is 46.2 Å². The summed E-state index contributed by atoms with van der Waals surface area (Å²) in [6.07, 6.45) is -1.17. The van der Waals surface area contributed by atoms with Gasteiger partial charge in [0.2, 0.25) is 5.91 Å². The number of ether oxygens (including phenoxy) is 1. The number of carbonyl (C=O) groups is 1. The number of thioether (sulfide) groups is 1. The lowest BCUT2D eigenvalue weighted by molar-refractivity contribution is -0.274. The maximum absolute atomic E-state index is 14.8. The summed E-state index contributed by atoms with van der Waals surface area (Å²) < 4.78 is 56.8. The highest BCUT2D eigenvalue weighted by molar-refractivity contribution is 7.99. The van der Waals surface area contributed by atoms with Gasteiger partial charge >= 0.3 is 6.36 Å². The number of nitrogens with zero attached hydrogens (tertiary/aromatic N) is 2. The van der Waals surface area contributed by atoms with E-state index < -0.39 is 23.8 Å². The van der Waals surface area contributed by atoms with Crippen LogP contribution in [0.15, 0.2) is 58.5 Å². The zero-order valence-electron chi connectivity index (χ0n) is 19.1. The number of aryl methyl sites for hydroxylation is 2. The van der Waals surface area contributed by atoms with E-state index in [4.69, 9.17) is 0 Å². The Balaban J connectivity index is 1.42. The average Bonchev–Trinajstić information content (AvgIpc) is 3.22. The summed E-state index contributed by atoms with van der Waals surface area (Å²) in [6.45, 7) is 0. The SMILES string of the molecule is O=C(CSc1nc2sc3c(c2c(=O)n1-c1ccccc1F)CCCC3)Nc1ccc(OC(F)(F)F)cc1. The van der Waals surface area contributed by atoms with Crippen LogP contribution in [0.25, 0.3) is 15.9 Å². The second kappa shape index (κ2) is 10.2. The molecule has 0 bridgehead atoms. The van der Waals surface area contributed by atoms with Crippen LogP contribution in [0.2, 0.25) is 0 Å². The standard InChI is InChI=1S/C25H19F4N3O3S2/c26-17-6-2-3-7-18(17)32-23(34)21-16-5-1-4-8-19(16)37-22(21)31-24(32)36-13-20(33)30-14-9-11-15(12-10-14)35-25(27,28)29/h2-3,6-7,9-12H,1,4-5,8,13H2,(H,30,33). The quantitative estimate of drug-likeness (QED) is 0.179. The van der Waals surface area contributed by atoms with Crippen molar-refractivity contribution in [1.82, 2.24) is 9.55 Å². The first kappa shape index (κ1) is 25.3. The molecule has 0 atom stereocenters. The van der Waals surface area contributed by atoms with Crippen molar-refractivity contribution in [3.63, 3.8) is 0 Å². The van der Waals surface area contributed by atoms with Gasteiger partial charge in [0.25, 0.3) is 5.56 Å². The lowest BCUT2D eigenvalue weighted by atomic mass is 9.97. The van der Waals surface area contributed by atoms with E-state index >= 15 is 0 Å². The molecule has 2 aromatic carbocycles. The topological polar surface area (TPSA) is 73.2 Å². The number of benzene rings is 2. The molecule has 1 aliphatic carbocycles. The second-order valence-corrected chi connectivity index (χ2v) is 10.3. The highest BCUT2D eigenvalue weighted by Gasteiger charge is 2.31. The van der Waals surface area contributed by atoms with Crippen LogP contribution in [0.4, 0.5) is 23.2 Å². The maximum Gasteiger partial charge on any atom is 0.573 e. The average molecular weight is 550 g/mol. The van der Waals surface area contributed by atoms with Gasteiger partial charge in [-0.05, 0) is 67.6 Å². The van der Waals surface area contributed by atoms with E-state index in [1.807, 2.05) is 0 Å². The summed E-state index contributed by atoms with van der Waals surface area (Å²) in [4.78, 5) is 32.6. The van der Waals surface area contributed by atoms with E-state index in [1.54, 1.807) is 6.07 Å². The Hall–Kier alpha value is -3.38. The minimum absolute atomic E-state index is 0.0424. The predicted molar refractivity (Wildman–Crippen MR) is 134 cm³/mol. The number of halogens is 4. The zero-order valence-corrected chi connectivity index (χ0v) is 20.7.